The van der Waals surface area contributed by atoms with E-state index in [4.69, 9.17) is 11.6 Å². The molecule has 23 heavy (non-hydrogen) atoms. The molecule has 1 saturated heterocycles. The molecule has 2 aromatic rings. The van der Waals surface area contributed by atoms with Crippen LogP contribution in [-0.2, 0) is 6.54 Å². The standard InChI is InChI=1S/C16H21ClN6/c1-2-22-5-7-23(8-6-22)12-13-3-4-15(18-9-13)21-16-19-10-14(17)11-20-16/h3-4,9-11H,2,5-8,12H2,1H3,(H,18,19,20,21). The van der Waals surface area contributed by atoms with E-state index < -0.39 is 0 Å². The van der Waals surface area contributed by atoms with Crippen LogP contribution < -0.4 is 5.32 Å². The minimum absolute atomic E-state index is 0.491. The van der Waals surface area contributed by atoms with Crippen LogP contribution >= 0.6 is 11.6 Å². The molecule has 0 radical (unpaired) electrons. The summed E-state index contributed by atoms with van der Waals surface area (Å²) in [7, 11) is 0. The number of likely N-dealkylation sites (N-methyl/N-ethyl adjacent to an activating group) is 1. The zero-order valence-electron chi connectivity index (χ0n) is 13.2. The Morgan fingerprint density at radius 1 is 1.00 bits per heavy atom. The number of anilines is 2. The van der Waals surface area contributed by atoms with Crippen LogP contribution in [0, 0.1) is 0 Å². The second-order valence-corrected chi connectivity index (χ2v) is 6.05. The fourth-order valence-electron chi connectivity index (χ4n) is 2.61. The lowest BCUT2D eigenvalue weighted by Gasteiger charge is -2.33. The van der Waals surface area contributed by atoms with Crippen molar-refractivity contribution in [3.05, 3.63) is 41.3 Å². The summed E-state index contributed by atoms with van der Waals surface area (Å²) in [5, 5.41) is 3.58. The molecule has 0 saturated carbocycles. The van der Waals surface area contributed by atoms with Crippen molar-refractivity contribution in [2.24, 2.45) is 0 Å². The molecule has 0 spiro atoms. The molecule has 1 N–H and O–H groups in total. The lowest BCUT2D eigenvalue weighted by atomic mass is 10.2. The van der Waals surface area contributed by atoms with Crippen molar-refractivity contribution in [1.29, 1.82) is 0 Å². The summed E-state index contributed by atoms with van der Waals surface area (Å²) >= 11 is 5.77. The van der Waals surface area contributed by atoms with Gasteiger partial charge in [0.05, 0.1) is 17.4 Å². The molecule has 0 bridgehead atoms. The number of hydrogen-bond acceptors (Lipinski definition) is 6. The van der Waals surface area contributed by atoms with Gasteiger partial charge in [-0.1, -0.05) is 24.6 Å². The molecule has 0 unspecified atom stereocenters. The Labute approximate surface area is 141 Å². The molecule has 0 aromatic carbocycles. The van der Waals surface area contributed by atoms with Gasteiger partial charge < -0.3 is 10.2 Å². The summed E-state index contributed by atoms with van der Waals surface area (Å²) in [6, 6.07) is 4.05. The lowest BCUT2D eigenvalue weighted by molar-refractivity contribution is 0.132. The van der Waals surface area contributed by atoms with Crippen LogP contribution in [-0.4, -0.2) is 57.5 Å². The maximum Gasteiger partial charge on any atom is 0.228 e. The molecule has 0 amide bonds. The molecule has 7 heteroatoms. The van der Waals surface area contributed by atoms with Gasteiger partial charge in [0.25, 0.3) is 0 Å². The fraction of sp³-hybridized carbons (Fsp3) is 0.438. The monoisotopic (exact) mass is 332 g/mol. The largest absolute Gasteiger partial charge is 0.309 e. The highest BCUT2D eigenvalue weighted by atomic mass is 35.5. The highest BCUT2D eigenvalue weighted by molar-refractivity contribution is 6.30. The third kappa shape index (κ3) is 4.60. The number of halogens is 1. The topological polar surface area (TPSA) is 57.2 Å². The fourth-order valence-corrected chi connectivity index (χ4v) is 2.70. The third-order valence-electron chi connectivity index (χ3n) is 4.00. The molecule has 1 aliphatic heterocycles. The Hall–Kier alpha value is -1.76. The Morgan fingerprint density at radius 3 is 2.30 bits per heavy atom. The van der Waals surface area contributed by atoms with Gasteiger partial charge in [-0.25, -0.2) is 15.0 Å². The smallest absolute Gasteiger partial charge is 0.228 e. The highest BCUT2D eigenvalue weighted by Crippen LogP contribution is 2.13. The van der Waals surface area contributed by atoms with E-state index >= 15 is 0 Å². The van der Waals surface area contributed by atoms with Crippen molar-refractivity contribution in [3.8, 4) is 0 Å². The first kappa shape index (κ1) is 16.1. The molecule has 3 heterocycles. The van der Waals surface area contributed by atoms with Gasteiger partial charge >= 0.3 is 0 Å². The molecule has 122 valence electrons. The Kier molecular flexibility index (Phi) is 5.38. The number of nitrogens with one attached hydrogen (secondary N) is 1. The van der Waals surface area contributed by atoms with E-state index in [-0.39, 0.29) is 0 Å². The molecular formula is C16H21ClN6. The second-order valence-electron chi connectivity index (χ2n) is 5.61. The molecule has 1 aliphatic rings. The number of nitrogens with zero attached hydrogens (tertiary/aromatic N) is 5. The van der Waals surface area contributed by atoms with Gasteiger partial charge in [0.2, 0.25) is 5.95 Å². The summed E-state index contributed by atoms with van der Waals surface area (Å²) in [5.41, 5.74) is 1.22. The summed E-state index contributed by atoms with van der Waals surface area (Å²) in [6.07, 6.45) is 5.02. The second kappa shape index (κ2) is 7.68. The summed E-state index contributed by atoms with van der Waals surface area (Å²) in [6.45, 7) is 8.84. The van der Waals surface area contributed by atoms with Gasteiger partial charge in [0.1, 0.15) is 5.82 Å². The van der Waals surface area contributed by atoms with Crippen LogP contribution in [0.2, 0.25) is 5.02 Å². The maximum atomic E-state index is 5.77. The molecular weight excluding hydrogens is 312 g/mol. The quantitative estimate of drug-likeness (QED) is 0.907. The number of rotatable bonds is 5. The number of hydrogen-bond donors (Lipinski definition) is 1. The predicted molar refractivity (Wildman–Crippen MR) is 92.0 cm³/mol. The molecule has 3 rings (SSSR count). The van der Waals surface area contributed by atoms with Crippen LogP contribution in [0.4, 0.5) is 11.8 Å². The first-order chi connectivity index (χ1) is 11.2. The lowest BCUT2D eigenvalue weighted by Crippen LogP contribution is -2.45. The van der Waals surface area contributed by atoms with Gasteiger partial charge in [-0.15, -0.1) is 0 Å². The number of pyridine rings is 1. The van der Waals surface area contributed by atoms with Crippen LogP contribution in [0.1, 0.15) is 12.5 Å². The minimum atomic E-state index is 0.491. The Balaban J connectivity index is 1.54. The van der Waals surface area contributed by atoms with E-state index in [1.807, 2.05) is 12.3 Å². The van der Waals surface area contributed by atoms with E-state index in [9.17, 15) is 0 Å². The van der Waals surface area contributed by atoms with Crippen LogP contribution in [0.25, 0.3) is 0 Å². The molecule has 2 aromatic heterocycles. The molecule has 6 nitrogen and oxygen atoms in total. The predicted octanol–water partition coefficient (Wildman–Crippen LogP) is 2.41. The van der Waals surface area contributed by atoms with Crippen molar-refractivity contribution in [2.45, 2.75) is 13.5 Å². The zero-order chi connectivity index (χ0) is 16.1. The van der Waals surface area contributed by atoms with E-state index in [1.165, 1.54) is 5.56 Å². The minimum Gasteiger partial charge on any atom is -0.309 e. The Bertz CT molecular complexity index is 607. The summed E-state index contributed by atoms with van der Waals surface area (Å²) in [5.74, 6) is 1.22. The van der Waals surface area contributed by atoms with Gasteiger partial charge in [0, 0.05) is 38.9 Å². The highest BCUT2D eigenvalue weighted by Gasteiger charge is 2.15. The van der Waals surface area contributed by atoms with E-state index in [0.29, 0.717) is 11.0 Å². The first-order valence-electron chi connectivity index (χ1n) is 7.87. The summed E-state index contributed by atoms with van der Waals surface area (Å²) in [4.78, 5) is 17.6. The van der Waals surface area contributed by atoms with Crippen molar-refractivity contribution < 1.29 is 0 Å². The molecule has 1 fully saturated rings. The Morgan fingerprint density at radius 2 is 1.70 bits per heavy atom. The number of aromatic nitrogens is 3. The first-order valence-corrected chi connectivity index (χ1v) is 8.25. The zero-order valence-corrected chi connectivity index (χ0v) is 14.0. The van der Waals surface area contributed by atoms with Crippen molar-refractivity contribution >= 4 is 23.4 Å². The van der Waals surface area contributed by atoms with Gasteiger partial charge in [0.15, 0.2) is 0 Å². The molecule has 0 aliphatic carbocycles. The van der Waals surface area contributed by atoms with Crippen molar-refractivity contribution in [1.82, 2.24) is 24.8 Å². The van der Waals surface area contributed by atoms with Crippen LogP contribution in [0.3, 0.4) is 0 Å². The van der Waals surface area contributed by atoms with Crippen molar-refractivity contribution in [2.75, 3.05) is 38.0 Å². The van der Waals surface area contributed by atoms with Crippen LogP contribution in [0.15, 0.2) is 30.7 Å². The van der Waals surface area contributed by atoms with Crippen molar-refractivity contribution in [3.63, 3.8) is 0 Å². The summed E-state index contributed by atoms with van der Waals surface area (Å²) < 4.78 is 0. The average molecular weight is 333 g/mol. The third-order valence-corrected chi connectivity index (χ3v) is 4.20. The number of piperazine rings is 1. The van der Waals surface area contributed by atoms with Gasteiger partial charge in [-0.3, -0.25) is 4.90 Å². The van der Waals surface area contributed by atoms with Gasteiger partial charge in [-0.2, -0.15) is 0 Å². The normalized spacial score (nSPS) is 16.4. The van der Waals surface area contributed by atoms with E-state index in [0.717, 1.165) is 45.1 Å². The SMILES string of the molecule is CCN1CCN(Cc2ccc(Nc3ncc(Cl)cn3)nc2)CC1. The van der Waals surface area contributed by atoms with Crippen LogP contribution in [0.5, 0.6) is 0 Å². The average Bonchev–Trinajstić information content (AvgIpc) is 2.59. The van der Waals surface area contributed by atoms with Gasteiger partial charge in [-0.05, 0) is 18.2 Å². The molecule has 0 atom stereocenters. The van der Waals surface area contributed by atoms with E-state index in [1.54, 1.807) is 12.4 Å². The maximum absolute atomic E-state index is 5.77. The van der Waals surface area contributed by atoms with E-state index in [2.05, 4.69) is 43.1 Å².